The number of nitrogens with one attached hydrogen (secondary N) is 2. The summed E-state index contributed by atoms with van der Waals surface area (Å²) in [6, 6.07) is 0.452. The zero-order chi connectivity index (χ0) is 13.7. The number of carbonyl (C=O) groups excluding carboxylic acids is 1. The third kappa shape index (κ3) is 3.56. The molecule has 0 radical (unpaired) electrons. The van der Waals surface area contributed by atoms with Crippen molar-refractivity contribution in [1.29, 1.82) is 0 Å². The van der Waals surface area contributed by atoms with Crippen LogP contribution in [0, 0.1) is 6.92 Å². The fourth-order valence-corrected chi connectivity index (χ4v) is 2.54. The molecule has 1 unspecified atom stereocenters. The summed E-state index contributed by atoms with van der Waals surface area (Å²) < 4.78 is 0. The molecule has 1 fully saturated rings. The van der Waals surface area contributed by atoms with E-state index in [-0.39, 0.29) is 5.91 Å². The van der Waals surface area contributed by atoms with Gasteiger partial charge in [0.15, 0.2) is 0 Å². The van der Waals surface area contributed by atoms with Gasteiger partial charge in [-0.1, -0.05) is 13.3 Å². The highest BCUT2D eigenvalue weighted by atomic mass is 16.2. The molecule has 0 bridgehead atoms. The van der Waals surface area contributed by atoms with Gasteiger partial charge in [-0.2, -0.15) is 5.10 Å². The Kier molecular flexibility index (Phi) is 4.96. The Bertz CT molecular complexity index is 409. The van der Waals surface area contributed by atoms with Gasteiger partial charge in [-0.15, -0.1) is 0 Å². The van der Waals surface area contributed by atoms with Crippen molar-refractivity contribution < 1.29 is 4.79 Å². The van der Waals surface area contributed by atoms with Crippen LogP contribution in [0.4, 0.5) is 0 Å². The topological polar surface area (TPSA) is 61.0 Å². The van der Waals surface area contributed by atoms with Crippen LogP contribution < -0.4 is 5.32 Å². The van der Waals surface area contributed by atoms with Gasteiger partial charge in [0, 0.05) is 24.8 Å². The highest BCUT2D eigenvalue weighted by molar-refractivity contribution is 5.95. The molecule has 1 aromatic rings. The van der Waals surface area contributed by atoms with Crippen molar-refractivity contribution in [3.63, 3.8) is 0 Å². The third-order valence-corrected chi connectivity index (χ3v) is 3.73. The summed E-state index contributed by atoms with van der Waals surface area (Å²) in [7, 11) is 0. The minimum absolute atomic E-state index is 0.105. The SMILES string of the molecule is CCCCN(CC1CCCN1)C(=O)c1cn[nH]c1C. The van der Waals surface area contributed by atoms with Crippen molar-refractivity contribution in [3.05, 3.63) is 17.5 Å². The van der Waals surface area contributed by atoms with Gasteiger partial charge in [0.25, 0.3) is 5.91 Å². The van der Waals surface area contributed by atoms with Crippen LogP contribution in [0.5, 0.6) is 0 Å². The first-order valence-corrected chi connectivity index (χ1v) is 7.25. The number of H-pyrrole nitrogens is 1. The molecule has 2 rings (SSSR count). The first-order valence-electron chi connectivity index (χ1n) is 7.25. The summed E-state index contributed by atoms with van der Waals surface area (Å²) in [5, 5.41) is 10.3. The first kappa shape index (κ1) is 14.1. The second kappa shape index (κ2) is 6.70. The summed E-state index contributed by atoms with van der Waals surface area (Å²) in [4.78, 5) is 14.5. The molecule has 1 aliphatic rings. The van der Waals surface area contributed by atoms with E-state index in [1.807, 2.05) is 11.8 Å². The largest absolute Gasteiger partial charge is 0.337 e. The number of aryl methyl sites for hydroxylation is 1. The number of hydrogen-bond donors (Lipinski definition) is 2. The minimum atomic E-state index is 0.105. The van der Waals surface area contributed by atoms with E-state index < -0.39 is 0 Å². The van der Waals surface area contributed by atoms with Crippen LogP contribution in [0.2, 0.25) is 0 Å². The Morgan fingerprint density at radius 1 is 1.58 bits per heavy atom. The molecular formula is C14H24N4O. The van der Waals surface area contributed by atoms with Gasteiger partial charge in [0.1, 0.15) is 0 Å². The molecule has 1 atom stereocenters. The molecule has 19 heavy (non-hydrogen) atoms. The highest BCUT2D eigenvalue weighted by Crippen LogP contribution is 2.13. The Balaban J connectivity index is 2.03. The average molecular weight is 264 g/mol. The van der Waals surface area contributed by atoms with Crippen molar-refractivity contribution in [1.82, 2.24) is 20.4 Å². The van der Waals surface area contributed by atoms with E-state index in [9.17, 15) is 4.79 Å². The number of unbranched alkanes of at least 4 members (excludes halogenated alkanes) is 1. The summed E-state index contributed by atoms with van der Waals surface area (Å²) in [5.41, 5.74) is 1.56. The number of amides is 1. The molecule has 1 aromatic heterocycles. The minimum Gasteiger partial charge on any atom is -0.337 e. The smallest absolute Gasteiger partial charge is 0.257 e. The normalized spacial score (nSPS) is 18.7. The van der Waals surface area contributed by atoms with Gasteiger partial charge in [0.05, 0.1) is 11.8 Å². The van der Waals surface area contributed by atoms with E-state index in [1.54, 1.807) is 6.20 Å². The zero-order valence-electron chi connectivity index (χ0n) is 11.9. The van der Waals surface area contributed by atoms with Crippen LogP contribution in [0.15, 0.2) is 6.20 Å². The predicted molar refractivity (Wildman–Crippen MR) is 75.2 cm³/mol. The lowest BCUT2D eigenvalue weighted by Gasteiger charge is -2.25. The van der Waals surface area contributed by atoms with Gasteiger partial charge in [-0.25, -0.2) is 0 Å². The molecule has 0 spiro atoms. The van der Waals surface area contributed by atoms with Crippen molar-refractivity contribution in [2.75, 3.05) is 19.6 Å². The molecule has 106 valence electrons. The average Bonchev–Trinajstić information content (AvgIpc) is 3.05. The van der Waals surface area contributed by atoms with Crippen molar-refractivity contribution >= 4 is 5.91 Å². The Labute approximate surface area is 114 Å². The molecule has 5 nitrogen and oxygen atoms in total. The number of rotatable bonds is 6. The van der Waals surface area contributed by atoms with Crippen LogP contribution in [-0.2, 0) is 0 Å². The molecule has 0 aromatic carbocycles. The van der Waals surface area contributed by atoms with Crippen molar-refractivity contribution in [3.8, 4) is 0 Å². The summed E-state index contributed by atoms with van der Waals surface area (Å²) >= 11 is 0. The zero-order valence-corrected chi connectivity index (χ0v) is 11.9. The van der Waals surface area contributed by atoms with E-state index >= 15 is 0 Å². The van der Waals surface area contributed by atoms with Crippen LogP contribution in [0.1, 0.15) is 48.7 Å². The second-order valence-corrected chi connectivity index (χ2v) is 5.31. The highest BCUT2D eigenvalue weighted by Gasteiger charge is 2.23. The lowest BCUT2D eigenvalue weighted by molar-refractivity contribution is 0.0739. The monoisotopic (exact) mass is 264 g/mol. The van der Waals surface area contributed by atoms with Gasteiger partial charge in [-0.3, -0.25) is 9.89 Å². The Morgan fingerprint density at radius 2 is 2.42 bits per heavy atom. The summed E-state index contributed by atoms with van der Waals surface area (Å²) in [6.07, 6.45) is 6.17. The maximum Gasteiger partial charge on any atom is 0.257 e. The molecule has 1 aliphatic heterocycles. The van der Waals surface area contributed by atoms with E-state index in [2.05, 4.69) is 22.4 Å². The fraction of sp³-hybridized carbons (Fsp3) is 0.714. The lowest BCUT2D eigenvalue weighted by Crippen LogP contribution is -2.41. The van der Waals surface area contributed by atoms with Gasteiger partial charge in [0.2, 0.25) is 0 Å². The standard InChI is InChI=1S/C14H24N4O/c1-3-4-8-18(10-12-6-5-7-15-12)14(19)13-9-16-17-11(13)2/h9,12,15H,3-8,10H2,1-2H3,(H,16,17). The summed E-state index contributed by atoms with van der Waals surface area (Å²) in [6.45, 7) is 6.76. The lowest BCUT2D eigenvalue weighted by atomic mass is 10.1. The first-order chi connectivity index (χ1) is 9.22. The number of aromatic nitrogens is 2. The van der Waals surface area contributed by atoms with E-state index in [1.165, 1.54) is 12.8 Å². The van der Waals surface area contributed by atoms with Crippen molar-refractivity contribution in [2.24, 2.45) is 0 Å². The van der Waals surface area contributed by atoms with Gasteiger partial charge < -0.3 is 10.2 Å². The maximum atomic E-state index is 12.6. The second-order valence-electron chi connectivity index (χ2n) is 5.31. The summed E-state index contributed by atoms with van der Waals surface area (Å²) in [5.74, 6) is 0.105. The molecular weight excluding hydrogens is 240 g/mol. The van der Waals surface area contributed by atoms with E-state index in [0.29, 0.717) is 11.6 Å². The number of hydrogen-bond acceptors (Lipinski definition) is 3. The van der Waals surface area contributed by atoms with Gasteiger partial charge in [-0.05, 0) is 32.7 Å². The maximum absolute atomic E-state index is 12.6. The van der Waals surface area contributed by atoms with E-state index in [4.69, 9.17) is 0 Å². The van der Waals surface area contributed by atoms with E-state index in [0.717, 1.165) is 38.2 Å². The molecule has 2 heterocycles. The molecule has 0 saturated carbocycles. The molecule has 2 N–H and O–H groups in total. The van der Waals surface area contributed by atoms with Crippen LogP contribution >= 0.6 is 0 Å². The molecule has 1 saturated heterocycles. The van der Waals surface area contributed by atoms with Gasteiger partial charge >= 0.3 is 0 Å². The molecule has 1 amide bonds. The molecule has 5 heteroatoms. The van der Waals surface area contributed by atoms with Crippen LogP contribution in [0.25, 0.3) is 0 Å². The Hall–Kier alpha value is -1.36. The van der Waals surface area contributed by atoms with Crippen molar-refractivity contribution in [2.45, 2.75) is 45.6 Å². The number of carbonyl (C=O) groups is 1. The fourth-order valence-electron chi connectivity index (χ4n) is 2.54. The third-order valence-electron chi connectivity index (χ3n) is 3.73. The predicted octanol–water partition coefficient (Wildman–Crippen LogP) is 1.71. The quantitative estimate of drug-likeness (QED) is 0.822. The Morgan fingerprint density at radius 3 is 3.00 bits per heavy atom. The number of aromatic amines is 1. The van der Waals surface area contributed by atoms with Crippen LogP contribution in [0.3, 0.4) is 0 Å². The molecule has 0 aliphatic carbocycles. The number of nitrogens with zero attached hydrogens (tertiary/aromatic N) is 2. The van der Waals surface area contributed by atoms with Crippen LogP contribution in [-0.4, -0.2) is 46.7 Å².